The summed E-state index contributed by atoms with van der Waals surface area (Å²) in [4.78, 5) is 53.9. The van der Waals surface area contributed by atoms with Gasteiger partial charge >= 0.3 is 23.6 Å². The van der Waals surface area contributed by atoms with Gasteiger partial charge in [-0.15, -0.1) is 0 Å². The van der Waals surface area contributed by atoms with Crippen LogP contribution in [0.25, 0.3) is 10.4 Å². The number of azide groups is 1. The fraction of sp³-hybridized carbons (Fsp3) is 0.250. The predicted molar refractivity (Wildman–Crippen MR) is 125 cm³/mol. The maximum atomic E-state index is 15.7. The van der Waals surface area contributed by atoms with Crippen LogP contribution in [0.15, 0.2) is 81.6 Å². The van der Waals surface area contributed by atoms with Crippen molar-refractivity contribution in [2.75, 3.05) is 6.61 Å². The summed E-state index contributed by atoms with van der Waals surface area (Å²) in [7, 11) is 0. The number of aromatic amines is 1. The average molecular weight is 527 g/mol. The van der Waals surface area contributed by atoms with Crippen LogP contribution >= 0.6 is 0 Å². The van der Waals surface area contributed by atoms with Gasteiger partial charge in [-0.25, -0.2) is 14.4 Å². The molecule has 1 saturated heterocycles. The molecule has 3 atom stereocenters. The van der Waals surface area contributed by atoms with Gasteiger partial charge in [0.1, 0.15) is 12.7 Å². The van der Waals surface area contributed by atoms with Crippen LogP contribution in [0.2, 0.25) is 0 Å². The molecule has 3 aromatic rings. The molecule has 0 bridgehead atoms. The lowest BCUT2D eigenvalue weighted by Crippen LogP contribution is -2.45. The van der Waals surface area contributed by atoms with Crippen LogP contribution in [-0.2, 0) is 20.8 Å². The number of halogens is 2. The quantitative estimate of drug-likeness (QED) is 0.203. The zero-order chi connectivity index (χ0) is 27.3. The van der Waals surface area contributed by atoms with E-state index in [1.54, 1.807) is 24.3 Å². The Bertz CT molecular complexity index is 1490. The molecule has 0 spiro atoms. The van der Waals surface area contributed by atoms with Crippen molar-refractivity contribution < 1.29 is 32.6 Å². The number of hydrogen-bond acceptors (Lipinski definition) is 8. The molecular weight excluding hydrogens is 508 g/mol. The number of hydrogen-bond donors (Lipinski definition) is 1. The van der Waals surface area contributed by atoms with Gasteiger partial charge in [0, 0.05) is 16.7 Å². The van der Waals surface area contributed by atoms with E-state index in [-0.39, 0.29) is 16.7 Å². The summed E-state index contributed by atoms with van der Waals surface area (Å²) in [5.41, 5.74) is 6.15. The van der Waals surface area contributed by atoms with Crippen molar-refractivity contribution in [3.05, 3.63) is 115 Å². The summed E-state index contributed by atoms with van der Waals surface area (Å²) in [6.45, 7) is -1.29. The topological polar surface area (TPSA) is 165 Å². The Morgan fingerprint density at radius 3 is 2.26 bits per heavy atom. The average Bonchev–Trinajstić information content (AvgIpc) is 3.16. The molecule has 196 valence electrons. The molecule has 38 heavy (non-hydrogen) atoms. The molecular formula is C24H19F2N5O7. The van der Waals surface area contributed by atoms with E-state index in [2.05, 4.69) is 10.0 Å². The second-order valence-corrected chi connectivity index (χ2v) is 8.07. The van der Waals surface area contributed by atoms with Crippen molar-refractivity contribution in [2.45, 2.75) is 30.9 Å². The monoisotopic (exact) mass is 527 g/mol. The lowest BCUT2D eigenvalue weighted by molar-refractivity contribution is -0.142. The van der Waals surface area contributed by atoms with Crippen LogP contribution in [0.5, 0.6) is 0 Å². The van der Waals surface area contributed by atoms with Crippen LogP contribution in [0.4, 0.5) is 8.78 Å². The molecule has 0 unspecified atom stereocenters. The Hall–Kier alpha value is -4.81. The van der Waals surface area contributed by atoms with Crippen LogP contribution in [0.3, 0.4) is 0 Å². The minimum absolute atomic E-state index is 0.0235. The van der Waals surface area contributed by atoms with Gasteiger partial charge in [-0.1, -0.05) is 41.5 Å². The molecule has 0 amide bonds. The molecule has 1 fully saturated rings. The number of nitrogens with one attached hydrogen (secondary N) is 1. The van der Waals surface area contributed by atoms with Gasteiger partial charge in [0.2, 0.25) is 6.23 Å². The first kappa shape index (κ1) is 26.3. The Labute approximate surface area is 212 Å². The van der Waals surface area contributed by atoms with Gasteiger partial charge < -0.3 is 14.2 Å². The van der Waals surface area contributed by atoms with Crippen molar-refractivity contribution in [2.24, 2.45) is 5.11 Å². The fourth-order valence-corrected chi connectivity index (χ4v) is 3.74. The molecule has 2 aromatic carbocycles. The highest BCUT2D eigenvalue weighted by atomic mass is 19.3. The zero-order valence-electron chi connectivity index (χ0n) is 19.4. The van der Waals surface area contributed by atoms with Crippen LogP contribution < -0.4 is 11.2 Å². The van der Waals surface area contributed by atoms with Gasteiger partial charge in [-0.05, 0) is 29.8 Å². The smallest absolute Gasteiger partial charge is 0.338 e. The molecule has 0 aliphatic carbocycles. The van der Waals surface area contributed by atoms with Gasteiger partial charge in [0.15, 0.2) is 6.10 Å². The molecule has 4 rings (SSSR count). The number of H-pyrrole nitrogens is 1. The predicted octanol–water partition coefficient (Wildman–Crippen LogP) is 2.96. The minimum atomic E-state index is -4.04. The molecule has 14 heteroatoms. The number of carbonyl (C=O) groups excluding carboxylic acids is 2. The SMILES string of the molecule is [N-]=[N+]=NCc1cn([C@@H]2O[C@H](COC(=O)c3ccccc3)[C@@H](OC(=O)c3ccccc3)C2(F)F)c(=O)[nH]c1=O. The molecule has 1 aromatic heterocycles. The molecule has 1 aliphatic rings. The number of aromatic nitrogens is 2. The standard InChI is InChI=1S/C24H19F2N5O7/c25-24(26)18(38-21(34)15-9-5-2-6-10-15)17(13-36-20(33)14-7-3-1-4-8-14)37-22(24)31-12-16(11-28-30-27)19(32)29-23(31)35/h1-10,12,17-18,22H,11,13H2,(H,29,32,35)/t17-,18-,22-/m1/s1. The highest BCUT2D eigenvalue weighted by Gasteiger charge is 2.63. The lowest BCUT2D eigenvalue weighted by Gasteiger charge is -2.24. The van der Waals surface area contributed by atoms with Gasteiger partial charge in [0.05, 0.1) is 17.7 Å². The van der Waals surface area contributed by atoms with Crippen LogP contribution in [0.1, 0.15) is 32.5 Å². The highest BCUT2D eigenvalue weighted by Crippen LogP contribution is 2.44. The third-order valence-electron chi connectivity index (χ3n) is 5.58. The van der Waals surface area contributed by atoms with Gasteiger partial charge in [0.25, 0.3) is 5.56 Å². The molecule has 2 heterocycles. The van der Waals surface area contributed by atoms with Crippen molar-refractivity contribution >= 4 is 11.9 Å². The molecule has 0 saturated carbocycles. The molecule has 12 nitrogen and oxygen atoms in total. The van der Waals surface area contributed by atoms with Gasteiger partial charge in [-0.2, -0.15) is 8.78 Å². The lowest BCUT2D eigenvalue weighted by atomic mass is 10.1. The largest absolute Gasteiger partial charge is 0.459 e. The van der Waals surface area contributed by atoms with Crippen molar-refractivity contribution in [1.82, 2.24) is 9.55 Å². The molecule has 0 radical (unpaired) electrons. The number of carbonyl (C=O) groups is 2. The second kappa shape index (κ2) is 11.1. The third-order valence-corrected chi connectivity index (χ3v) is 5.58. The number of benzene rings is 2. The summed E-state index contributed by atoms with van der Waals surface area (Å²) in [5.74, 6) is -5.98. The van der Waals surface area contributed by atoms with E-state index >= 15 is 8.78 Å². The van der Waals surface area contributed by atoms with E-state index in [1.807, 2.05) is 4.98 Å². The zero-order valence-corrected chi connectivity index (χ0v) is 19.4. The fourth-order valence-electron chi connectivity index (χ4n) is 3.74. The number of nitrogens with zero attached hydrogens (tertiary/aromatic N) is 4. The van der Waals surface area contributed by atoms with Crippen molar-refractivity contribution in [1.29, 1.82) is 0 Å². The number of esters is 2. The number of rotatable bonds is 8. The summed E-state index contributed by atoms with van der Waals surface area (Å²) in [6.07, 6.45) is -5.59. The minimum Gasteiger partial charge on any atom is -0.459 e. The first-order valence-corrected chi connectivity index (χ1v) is 11.1. The van der Waals surface area contributed by atoms with E-state index in [1.165, 1.54) is 36.4 Å². The molecule has 1 aliphatic heterocycles. The van der Waals surface area contributed by atoms with Crippen molar-refractivity contribution in [3.63, 3.8) is 0 Å². The normalized spacial score (nSPS) is 19.8. The first-order valence-electron chi connectivity index (χ1n) is 11.1. The van der Waals surface area contributed by atoms with Gasteiger partial charge in [-0.3, -0.25) is 14.3 Å². The Balaban J connectivity index is 1.67. The van der Waals surface area contributed by atoms with E-state index < -0.39 is 60.7 Å². The molecule has 1 N–H and O–H groups in total. The van der Waals surface area contributed by atoms with E-state index in [0.29, 0.717) is 4.57 Å². The maximum absolute atomic E-state index is 15.7. The second-order valence-electron chi connectivity index (χ2n) is 8.07. The Morgan fingerprint density at radius 1 is 1.05 bits per heavy atom. The van der Waals surface area contributed by atoms with Crippen LogP contribution in [-0.4, -0.2) is 46.2 Å². The summed E-state index contributed by atoms with van der Waals surface area (Å²) in [6, 6.07) is 15.1. The number of ether oxygens (including phenoxy) is 3. The van der Waals surface area contributed by atoms with Crippen molar-refractivity contribution in [3.8, 4) is 0 Å². The Morgan fingerprint density at radius 2 is 1.66 bits per heavy atom. The Kier molecular flexibility index (Phi) is 7.65. The highest BCUT2D eigenvalue weighted by molar-refractivity contribution is 5.90. The third kappa shape index (κ3) is 5.45. The summed E-state index contributed by atoms with van der Waals surface area (Å²) < 4.78 is 47.5. The van der Waals surface area contributed by atoms with E-state index in [0.717, 1.165) is 6.20 Å². The summed E-state index contributed by atoms with van der Waals surface area (Å²) >= 11 is 0. The first-order chi connectivity index (χ1) is 18.2. The van der Waals surface area contributed by atoms with Crippen LogP contribution in [0, 0.1) is 0 Å². The maximum Gasteiger partial charge on any atom is 0.338 e. The summed E-state index contributed by atoms with van der Waals surface area (Å²) in [5, 5.41) is 3.21. The number of alkyl halides is 2. The van der Waals surface area contributed by atoms with E-state index in [9.17, 15) is 19.2 Å². The van der Waals surface area contributed by atoms with E-state index in [4.69, 9.17) is 19.7 Å².